The highest BCUT2D eigenvalue weighted by atomic mass is 15.1. The van der Waals surface area contributed by atoms with Gasteiger partial charge in [0.05, 0.1) is 11.9 Å². The summed E-state index contributed by atoms with van der Waals surface area (Å²) >= 11 is 0. The van der Waals surface area contributed by atoms with Gasteiger partial charge in [-0.1, -0.05) is 27.7 Å². The number of fused-ring (bicyclic) bond motifs is 1. The fourth-order valence-corrected chi connectivity index (χ4v) is 1.51. The number of hydrogen-bond donors (Lipinski definition) is 2. The lowest BCUT2D eigenvalue weighted by Crippen LogP contribution is -1.93. The van der Waals surface area contributed by atoms with Crippen LogP contribution in [0.2, 0.25) is 0 Å². The monoisotopic (exact) mass is 220 g/mol. The zero-order valence-corrected chi connectivity index (χ0v) is 10.4. The molecule has 2 heterocycles. The van der Waals surface area contributed by atoms with Crippen molar-refractivity contribution in [2.45, 2.75) is 40.0 Å². The third-order valence-electron chi connectivity index (χ3n) is 2.57. The van der Waals surface area contributed by atoms with Crippen LogP contribution in [-0.4, -0.2) is 15.2 Å². The van der Waals surface area contributed by atoms with Crippen LogP contribution in [0.3, 0.4) is 0 Å². The summed E-state index contributed by atoms with van der Waals surface area (Å²) in [5.41, 5.74) is 8.25. The van der Waals surface area contributed by atoms with E-state index in [1.807, 2.05) is 19.9 Å². The van der Waals surface area contributed by atoms with Crippen molar-refractivity contribution >= 4 is 16.7 Å². The Balaban J connectivity index is 0.000000606. The maximum atomic E-state index is 5.69. The van der Waals surface area contributed by atoms with Crippen molar-refractivity contribution in [3.05, 3.63) is 18.0 Å². The number of nitrogens with two attached hydrogens (primary N) is 1. The first-order chi connectivity index (χ1) is 7.72. The van der Waals surface area contributed by atoms with Crippen LogP contribution >= 0.6 is 0 Å². The predicted molar refractivity (Wildman–Crippen MR) is 68.4 cm³/mol. The second kappa shape index (κ2) is 5.49. The molecule has 16 heavy (non-hydrogen) atoms. The minimum absolute atomic E-state index is 0.462. The summed E-state index contributed by atoms with van der Waals surface area (Å²) in [6, 6.07) is 1.92. The van der Waals surface area contributed by atoms with Gasteiger partial charge in [0.2, 0.25) is 0 Å². The van der Waals surface area contributed by atoms with E-state index in [4.69, 9.17) is 5.73 Å². The van der Waals surface area contributed by atoms with Gasteiger partial charge in [-0.15, -0.1) is 0 Å². The number of H-pyrrole nitrogens is 1. The normalized spacial score (nSPS) is 12.0. The average molecular weight is 220 g/mol. The quantitative estimate of drug-likeness (QED) is 0.817. The minimum Gasteiger partial charge on any atom is -0.397 e. The summed E-state index contributed by atoms with van der Waals surface area (Å²) in [7, 11) is 0. The molecule has 0 aliphatic heterocycles. The van der Waals surface area contributed by atoms with Crippen molar-refractivity contribution in [1.82, 2.24) is 15.2 Å². The summed E-state index contributed by atoms with van der Waals surface area (Å²) in [6.07, 6.45) is 2.70. The lowest BCUT2D eigenvalue weighted by atomic mass is 10.0. The number of pyridine rings is 1. The maximum Gasteiger partial charge on any atom is 0.181 e. The van der Waals surface area contributed by atoms with Crippen LogP contribution in [0.25, 0.3) is 11.0 Å². The van der Waals surface area contributed by atoms with Gasteiger partial charge in [-0.25, -0.2) is 4.98 Å². The molecule has 0 aromatic carbocycles. The van der Waals surface area contributed by atoms with Crippen molar-refractivity contribution in [2.24, 2.45) is 0 Å². The number of nitrogen functional groups attached to an aromatic ring is 1. The topological polar surface area (TPSA) is 67.6 Å². The average Bonchev–Trinajstić information content (AvgIpc) is 2.73. The molecular weight excluding hydrogens is 200 g/mol. The smallest absolute Gasteiger partial charge is 0.181 e. The first-order valence-electron chi connectivity index (χ1n) is 5.82. The number of nitrogens with one attached hydrogen (secondary N) is 1. The number of aromatic nitrogens is 3. The highest BCUT2D eigenvalue weighted by molar-refractivity contribution is 5.80. The zero-order valence-electron chi connectivity index (χ0n) is 10.4. The summed E-state index contributed by atoms with van der Waals surface area (Å²) in [6.45, 7) is 8.31. The molecular formula is C12H20N4. The van der Waals surface area contributed by atoms with Gasteiger partial charge in [0, 0.05) is 11.1 Å². The van der Waals surface area contributed by atoms with Crippen molar-refractivity contribution in [2.75, 3.05) is 5.73 Å². The summed E-state index contributed by atoms with van der Waals surface area (Å²) in [5, 5.41) is 8.20. The fraction of sp³-hybridized carbons (Fsp3) is 0.500. The van der Waals surface area contributed by atoms with E-state index >= 15 is 0 Å². The van der Waals surface area contributed by atoms with Crippen LogP contribution in [-0.2, 0) is 0 Å². The highest BCUT2D eigenvalue weighted by Gasteiger charge is 2.11. The summed E-state index contributed by atoms with van der Waals surface area (Å²) in [4.78, 5) is 4.15. The molecule has 2 aromatic heterocycles. The Labute approximate surface area is 96.3 Å². The van der Waals surface area contributed by atoms with Gasteiger partial charge in [-0.3, -0.25) is 5.10 Å². The molecule has 0 spiro atoms. The van der Waals surface area contributed by atoms with Crippen LogP contribution in [0.5, 0.6) is 0 Å². The number of anilines is 1. The van der Waals surface area contributed by atoms with E-state index in [0.717, 1.165) is 23.1 Å². The third kappa shape index (κ3) is 2.32. The van der Waals surface area contributed by atoms with Crippen LogP contribution in [0, 0.1) is 0 Å². The van der Waals surface area contributed by atoms with Crippen LogP contribution in [0.15, 0.2) is 12.3 Å². The van der Waals surface area contributed by atoms with Gasteiger partial charge in [0.15, 0.2) is 5.65 Å². The fourth-order valence-electron chi connectivity index (χ4n) is 1.51. The van der Waals surface area contributed by atoms with Gasteiger partial charge in [0.1, 0.15) is 0 Å². The molecule has 0 aliphatic rings. The van der Waals surface area contributed by atoms with Crippen LogP contribution in [0.1, 0.15) is 45.7 Å². The van der Waals surface area contributed by atoms with Crippen molar-refractivity contribution in [3.8, 4) is 0 Å². The van der Waals surface area contributed by atoms with Gasteiger partial charge in [-0.05, 0) is 18.4 Å². The largest absolute Gasteiger partial charge is 0.397 e. The Morgan fingerprint density at radius 3 is 2.75 bits per heavy atom. The molecule has 4 heteroatoms. The first-order valence-corrected chi connectivity index (χ1v) is 5.82. The Kier molecular flexibility index (Phi) is 4.28. The van der Waals surface area contributed by atoms with Gasteiger partial charge >= 0.3 is 0 Å². The molecule has 4 nitrogen and oxygen atoms in total. The molecule has 0 saturated carbocycles. The number of rotatable bonds is 2. The molecule has 1 atom stereocenters. The second-order valence-corrected chi connectivity index (χ2v) is 3.59. The van der Waals surface area contributed by atoms with E-state index in [2.05, 4.69) is 29.0 Å². The van der Waals surface area contributed by atoms with Gasteiger partial charge < -0.3 is 5.73 Å². The molecule has 3 N–H and O–H groups in total. The Bertz CT molecular complexity index is 447. The third-order valence-corrected chi connectivity index (χ3v) is 2.57. The van der Waals surface area contributed by atoms with Crippen molar-refractivity contribution < 1.29 is 0 Å². The minimum atomic E-state index is 0.462. The van der Waals surface area contributed by atoms with Crippen LogP contribution < -0.4 is 5.73 Å². The van der Waals surface area contributed by atoms with Crippen molar-refractivity contribution in [3.63, 3.8) is 0 Å². The molecule has 0 fully saturated rings. The predicted octanol–water partition coefficient (Wildman–Crippen LogP) is 3.08. The van der Waals surface area contributed by atoms with E-state index < -0.39 is 0 Å². The molecule has 0 radical (unpaired) electrons. The van der Waals surface area contributed by atoms with E-state index in [-0.39, 0.29) is 0 Å². The summed E-state index contributed by atoms with van der Waals surface area (Å²) in [5.74, 6) is 0.462. The summed E-state index contributed by atoms with van der Waals surface area (Å²) < 4.78 is 0. The molecule has 1 unspecified atom stereocenters. The van der Waals surface area contributed by atoms with Crippen LogP contribution in [0.4, 0.5) is 5.69 Å². The Morgan fingerprint density at radius 1 is 1.44 bits per heavy atom. The number of nitrogens with zero attached hydrogens (tertiary/aromatic N) is 2. The van der Waals surface area contributed by atoms with Gasteiger partial charge in [0.25, 0.3) is 0 Å². The molecule has 0 bridgehead atoms. The van der Waals surface area contributed by atoms with E-state index in [1.165, 1.54) is 0 Å². The van der Waals surface area contributed by atoms with E-state index in [0.29, 0.717) is 11.6 Å². The van der Waals surface area contributed by atoms with Crippen molar-refractivity contribution in [1.29, 1.82) is 0 Å². The zero-order chi connectivity index (χ0) is 12.1. The van der Waals surface area contributed by atoms with E-state index in [9.17, 15) is 0 Å². The Hall–Kier alpha value is -1.58. The molecule has 0 aliphatic carbocycles. The van der Waals surface area contributed by atoms with E-state index in [1.54, 1.807) is 6.20 Å². The lowest BCUT2D eigenvalue weighted by Gasteiger charge is -2.05. The SMILES string of the molecule is CC.CCC(C)c1[nH]nc2ncc(N)cc12. The molecule has 0 amide bonds. The number of aromatic amines is 1. The molecule has 88 valence electrons. The lowest BCUT2D eigenvalue weighted by molar-refractivity contribution is 0.708. The molecule has 2 rings (SSSR count). The molecule has 2 aromatic rings. The highest BCUT2D eigenvalue weighted by Crippen LogP contribution is 2.25. The molecule has 0 saturated heterocycles. The first kappa shape index (κ1) is 12.5. The standard InChI is InChI=1S/C10H14N4.C2H6/c1-3-6(2)9-8-4-7(11)5-12-10(8)14-13-9;1-2/h4-6H,3,11H2,1-2H3,(H,12,13,14);1-2H3. The second-order valence-electron chi connectivity index (χ2n) is 3.59. The van der Waals surface area contributed by atoms with Gasteiger partial charge in [-0.2, -0.15) is 5.10 Å². The Morgan fingerprint density at radius 2 is 2.12 bits per heavy atom. The maximum absolute atomic E-state index is 5.69. The number of hydrogen-bond acceptors (Lipinski definition) is 3.